The van der Waals surface area contributed by atoms with Crippen molar-refractivity contribution in [1.29, 1.82) is 0 Å². The van der Waals surface area contributed by atoms with Crippen molar-refractivity contribution in [2.75, 3.05) is 26.7 Å². The molecule has 0 aliphatic rings. The van der Waals surface area contributed by atoms with E-state index in [4.69, 9.17) is 0 Å². The third-order valence-corrected chi connectivity index (χ3v) is 4.66. The van der Waals surface area contributed by atoms with Crippen LogP contribution in [0.2, 0.25) is 0 Å². The van der Waals surface area contributed by atoms with E-state index in [9.17, 15) is 8.42 Å². The monoisotopic (exact) mass is 325 g/mol. The first kappa shape index (κ1) is 14.6. The van der Waals surface area contributed by atoms with Crippen LogP contribution in [0.1, 0.15) is 6.92 Å². The van der Waals surface area contributed by atoms with Crippen LogP contribution >= 0.6 is 15.9 Å². The maximum atomic E-state index is 11.9. The van der Waals surface area contributed by atoms with Crippen LogP contribution in [0.15, 0.2) is 9.63 Å². The highest BCUT2D eigenvalue weighted by Gasteiger charge is 2.23. The topological polar surface area (TPSA) is 80.1 Å². The van der Waals surface area contributed by atoms with E-state index in [2.05, 4.69) is 31.0 Å². The molecule has 9 heteroatoms. The summed E-state index contributed by atoms with van der Waals surface area (Å²) in [7, 11) is -0.109. The Balaban J connectivity index is 2.70. The summed E-state index contributed by atoms with van der Waals surface area (Å²) in [4.78, 5) is 2.01. The van der Waals surface area contributed by atoms with Crippen LogP contribution in [0.5, 0.6) is 0 Å². The van der Waals surface area contributed by atoms with Crippen LogP contribution in [0.3, 0.4) is 0 Å². The van der Waals surface area contributed by atoms with E-state index >= 15 is 0 Å². The van der Waals surface area contributed by atoms with Gasteiger partial charge in [0.05, 0.1) is 0 Å². The predicted molar refractivity (Wildman–Crippen MR) is 67.1 cm³/mol. The first-order valence-electron chi connectivity index (χ1n) is 5.12. The van der Waals surface area contributed by atoms with Gasteiger partial charge in [0, 0.05) is 20.1 Å². The fourth-order valence-electron chi connectivity index (χ4n) is 1.21. The number of hydrogen-bond acceptors (Lipinski definition) is 5. The van der Waals surface area contributed by atoms with Crippen LogP contribution in [0.4, 0.5) is 0 Å². The van der Waals surface area contributed by atoms with Gasteiger partial charge in [-0.3, -0.25) is 0 Å². The summed E-state index contributed by atoms with van der Waals surface area (Å²) >= 11 is 3.06. The Morgan fingerprint density at radius 3 is 2.65 bits per heavy atom. The molecule has 0 unspecified atom stereocenters. The molecule has 1 rings (SSSR count). The van der Waals surface area contributed by atoms with E-state index in [1.165, 1.54) is 11.7 Å². The van der Waals surface area contributed by atoms with Gasteiger partial charge in [-0.15, -0.1) is 5.10 Å². The molecule has 0 aromatic carbocycles. The van der Waals surface area contributed by atoms with Crippen molar-refractivity contribution in [2.24, 2.45) is 7.05 Å². The molecule has 17 heavy (non-hydrogen) atoms. The average molecular weight is 326 g/mol. The standard InChI is InChI=1S/C8H16BrN5O2S/c1-4-13(2)6-5-10-17(15,16)8-7(9)11-12-14(8)3/h10H,4-6H2,1-3H3. The summed E-state index contributed by atoms with van der Waals surface area (Å²) in [5.74, 6) is 0. The first-order valence-corrected chi connectivity index (χ1v) is 7.39. The van der Waals surface area contributed by atoms with E-state index < -0.39 is 10.0 Å². The molecule has 0 saturated carbocycles. The molecule has 0 fully saturated rings. The van der Waals surface area contributed by atoms with Crippen molar-refractivity contribution in [1.82, 2.24) is 24.6 Å². The lowest BCUT2D eigenvalue weighted by molar-refractivity contribution is 0.357. The quantitative estimate of drug-likeness (QED) is 0.784. The first-order chi connectivity index (χ1) is 7.88. The zero-order valence-electron chi connectivity index (χ0n) is 10.0. The number of aryl methyl sites for hydroxylation is 1. The zero-order chi connectivity index (χ0) is 13.1. The Morgan fingerprint density at radius 2 is 2.18 bits per heavy atom. The summed E-state index contributed by atoms with van der Waals surface area (Å²) in [6, 6.07) is 0. The lowest BCUT2D eigenvalue weighted by Gasteiger charge is -2.14. The van der Waals surface area contributed by atoms with Gasteiger partial charge in [0.1, 0.15) is 0 Å². The SMILES string of the molecule is CCN(C)CCNS(=O)(=O)c1c(Br)nnn1C. The smallest absolute Gasteiger partial charge is 0.260 e. The minimum absolute atomic E-state index is 0.0386. The number of rotatable bonds is 6. The summed E-state index contributed by atoms with van der Waals surface area (Å²) < 4.78 is 27.8. The summed E-state index contributed by atoms with van der Waals surface area (Å²) in [5.41, 5.74) is 0. The molecule has 0 bridgehead atoms. The highest BCUT2D eigenvalue weighted by Crippen LogP contribution is 2.17. The molecule has 1 aromatic rings. The van der Waals surface area contributed by atoms with Gasteiger partial charge >= 0.3 is 0 Å². The molecule has 0 aliphatic heterocycles. The molecule has 0 radical (unpaired) electrons. The second-order valence-corrected chi connectivity index (χ2v) is 6.04. The number of aromatic nitrogens is 3. The number of hydrogen-bond donors (Lipinski definition) is 1. The molecule has 0 spiro atoms. The minimum Gasteiger partial charge on any atom is -0.305 e. The molecule has 1 heterocycles. The maximum Gasteiger partial charge on any atom is 0.260 e. The zero-order valence-corrected chi connectivity index (χ0v) is 12.4. The molecular weight excluding hydrogens is 310 g/mol. The minimum atomic E-state index is -3.57. The van der Waals surface area contributed by atoms with Gasteiger partial charge in [-0.05, 0) is 29.5 Å². The van der Waals surface area contributed by atoms with E-state index in [0.717, 1.165) is 6.54 Å². The average Bonchev–Trinajstić information content (AvgIpc) is 2.58. The lowest BCUT2D eigenvalue weighted by atomic mass is 10.5. The number of likely N-dealkylation sites (N-methyl/N-ethyl adjacent to an activating group) is 1. The van der Waals surface area contributed by atoms with E-state index in [1.807, 2.05) is 18.9 Å². The van der Waals surface area contributed by atoms with E-state index in [0.29, 0.717) is 13.1 Å². The molecule has 1 N–H and O–H groups in total. The van der Waals surface area contributed by atoms with Gasteiger partial charge in [0.25, 0.3) is 10.0 Å². The van der Waals surface area contributed by atoms with Gasteiger partial charge in [-0.2, -0.15) is 0 Å². The predicted octanol–water partition coefficient (Wildman–Crippen LogP) is -0.192. The highest BCUT2D eigenvalue weighted by atomic mass is 79.9. The second-order valence-electron chi connectivity index (χ2n) is 3.60. The Kier molecular flexibility index (Phi) is 5.04. The number of sulfonamides is 1. The van der Waals surface area contributed by atoms with Crippen LogP contribution < -0.4 is 4.72 Å². The van der Waals surface area contributed by atoms with Crippen LogP contribution in [0.25, 0.3) is 0 Å². The molecule has 0 aliphatic carbocycles. The van der Waals surface area contributed by atoms with Crippen molar-refractivity contribution < 1.29 is 8.42 Å². The van der Waals surface area contributed by atoms with Crippen LogP contribution in [0, 0.1) is 0 Å². The fourth-order valence-corrected chi connectivity index (χ4v) is 3.32. The normalized spacial score (nSPS) is 12.3. The maximum absolute atomic E-state index is 11.9. The van der Waals surface area contributed by atoms with Gasteiger partial charge < -0.3 is 4.90 Å². The van der Waals surface area contributed by atoms with Crippen molar-refractivity contribution in [3.05, 3.63) is 4.60 Å². The van der Waals surface area contributed by atoms with E-state index in [-0.39, 0.29) is 9.63 Å². The number of nitrogens with zero attached hydrogens (tertiary/aromatic N) is 4. The van der Waals surface area contributed by atoms with Crippen LogP contribution in [-0.2, 0) is 17.1 Å². The second kappa shape index (κ2) is 5.89. The molecule has 0 atom stereocenters. The Labute approximate surface area is 109 Å². The molecule has 0 saturated heterocycles. The van der Waals surface area contributed by atoms with Gasteiger partial charge in [-0.25, -0.2) is 17.8 Å². The van der Waals surface area contributed by atoms with E-state index in [1.54, 1.807) is 0 Å². The molecule has 98 valence electrons. The Morgan fingerprint density at radius 1 is 1.53 bits per heavy atom. The largest absolute Gasteiger partial charge is 0.305 e. The molecule has 1 aromatic heterocycles. The van der Waals surface area contributed by atoms with Gasteiger partial charge in [0.2, 0.25) is 5.03 Å². The van der Waals surface area contributed by atoms with Crippen LogP contribution in [-0.4, -0.2) is 55.0 Å². The third kappa shape index (κ3) is 3.73. The Bertz CT molecular complexity index is 453. The molecule has 0 amide bonds. The molecule has 7 nitrogen and oxygen atoms in total. The highest BCUT2D eigenvalue weighted by molar-refractivity contribution is 9.10. The number of nitrogens with one attached hydrogen (secondary N) is 1. The number of halogens is 1. The summed E-state index contributed by atoms with van der Waals surface area (Å²) in [6.45, 7) is 3.89. The third-order valence-electron chi connectivity index (χ3n) is 2.32. The Hall–Kier alpha value is -0.510. The van der Waals surface area contributed by atoms with Gasteiger partial charge in [-0.1, -0.05) is 12.1 Å². The summed E-state index contributed by atoms with van der Waals surface area (Å²) in [5, 5.41) is 7.31. The fraction of sp³-hybridized carbons (Fsp3) is 0.750. The van der Waals surface area contributed by atoms with Crippen molar-refractivity contribution in [3.8, 4) is 0 Å². The van der Waals surface area contributed by atoms with Crippen molar-refractivity contribution >= 4 is 26.0 Å². The van der Waals surface area contributed by atoms with Gasteiger partial charge in [0.15, 0.2) is 4.60 Å². The molecular formula is C8H16BrN5O2S. The van der Waals surface area contributed by atoms with Crippen molar-refractivity contribution in [3.63, 3.8) is 0 Å². The lowest BCUT2D eigenvalue weighted by Crippen LogP contribution is -2.33. The summed E-state index contributed by atoms with van der Waals surface area (Å²) in [6.07, 6.45) is 0. The van der Waals surface area contributed by atoms with Crippen molar-refractivity contribution in [2.45, 2.75) is 11.9 Å².